The number of carbonyl (C=O) groups excluding carboxylic acids is 2. The van der Waals surface area contributed by atoms with Gasteiger partial charge in [-0.15, -0.1) is 0 Å². The van der Waals surface area contributed by atoms with Crippen molar-refractivity contribution in [2.45, 2.75) is 64.6 Å². The molecule has 0 spiro atoms. The van der Waals surface area contributed by atoms with Crippen LogP contribution >= 0.6 is 0 Å². The lowest BCUT2D eigenvalue weighted by Crippen LogP contribution is -2.53. The molecule has 2 aliphatic rings. The van der Waals surface area contributed by atoms with Crippen molar-refractivity contribution >= 4 is 18.0 Å². The predicted molar refractivity (Wildman–Crippen MR) is 126 cm³/mol. The summed E-state index contributed by atoms with van der Waals surface area (Å²) in [5.74, 6) is -0.492. The highest BCUT2D eigenvalue weighted by Gasteiger charge is 2.48. The summed E-state index contributed by atoms with van der Waals surface area (Å²) in [6.45, 7) is 5.19. The van der Waals surface area contributed by atoms with Gasteiger partial charge in [-0.25, -0.2) is 9.78 Å². The Hall–Kier alpha value is -3.17. The largest absolute Gasteiger partial charge is 0.481 e. The highest BCUT2D eigenvalue weighted by Crippen LogP contribution is 2.50. The third-order valence-electron chi connectivity index (χ3n) is 5.75. The highest BCUT2D eigenvalue weighted by atomic mass is 19.1. The normalized spacial score (nSPS) is 17.8. The number of halogens is 1. The van der Waals surface area contributed by atoms with E-state index >= 15 is 0 Å². The second-order valence-electron chi connectivity index (χ2n) is 9.72. The van der Waals surface area contributed by atoms with Crippen LogP contribution in [0.2, 0.25) is 0 Å². The molecule has 0 radical (unpaired) electrons. The number of nitrogens with zero attached hydrogens (tertiary/aromatic N) is 2. The minimum Gasteiger partial charge on any atom is -0.481 e. The number of aromatic nitrogens is 1. The van der Waals surface area contributed by atoms with E-state index in [4.69, 9.17) is 15.2 Å². The minimum absolute atomic E-state index is 0.0359. The van der Waals surface area contributed by atoms with E-state index in [1.807, 2.05) is 0 Å². The third-order valence-corrected chi connectivity index (χ3v) is 5.75. The molecule has 2 amide bonds. The zero-order valence-electron chi connectivity index (χ0n) is 20.1. The van der Waals surface area contributed by atoms with E-state index < -0.39 is 29.6 Å². The second-order valence-corrected chi connectivity index (χ2v) is 9.72. The van der Waals surface area contributed by atoms with Crippen molar-refractivity contribution in [1.82, 2.24) is 15.6 Å². The van der Waals surface area contributed by atoms with Crippen molar-refractivity contribution in [2.24, 2.45) is 28.5 Å². The van der Waals surface area contributed by atoms with E-state index in [0.29, 0.717) is 23.3 Å². The summed E-state index contributed by atoms with van der Waals surface area (Å²) in [5.41, 5.74) is 5.20. The maximum Gasteiger partial charge on any atom is 0.408 e. The SMILES string of the molecule is COc1ncccc1CN=C(F)C(=CN)NC(=O)C(NC(=O)OC(C)(C)C)C(C1CC1)C1CC1. The number of alkyl carbamates (subject to hydrolysis) is 1. The lowest BCUT2D eigenvalue weighted by atomic mass is 9.88. The molecule has 1 heterocycles. The van der Waals surface area contributed by atoms with Crippen molar-refractivity contribution in [1.29, 1.82) is 0 Å². The Balaban J connectivity index is 1.73. The Kier molecular flexibility index (Phi) is 8.11. The summed E-state index contributed by atoms with van der Waals surface area (Å²) < 4.78 is 25.4. The van der Waals surface area contributed by atoms with Crippen LogP contribution < -0.4 is 21.1 Å². The molecule has 1 atom stereocenters. The average Bonchev–Trinajstić information content (AvgIpc) is 3.69. The van der Waals surface area contributed by atoms with Gasteiger partial charge in [0.15, 0.2) is 0 Å². The molecule has 186 valence electrons. The van der Waals surface area contributed by atoms with Gasteiger partial charge in [0.2, 0.25) is 17.8 Å². The fourth-order valence-electron chi connectivity index (χ4n) is 4.00. The van der Waals surface area contributed by atoms with Gasteiger partial charge in [0.25, 0.3) is 0 Å². The molecule has 10 heteroatoms. The quantitative estimate of drug-likeness (QED) is 0.446. The standard InChI is InChI=1S/C24H34FN5O4/c1-24(2,3)34-23(32)30-19(18(14-7-8-14)15-9-10-15)21(31)29-17(12-26)20(25)28-13-16-6-5-11-27-22(16)33-4/h5-6,11-12,14-15,18-19H,7-10,13,26H2,1-4H3,(H,29,31)(H,30,32). The van der Waals surface area contributed by atoms with Crippen LogP contribution in [0, 0.1) is 17.8 Å². The molecule has 0 aromatic carbocycles. The lowest BCUT2D eigenvalue weighted by Gasteiger charge is -2.29. The van der Waals surface area contributed by atoms with Gasteiger partial charge >= 0.3 is 6.09 Å². The van der Waals surface area contributed by atoms with E-state index in [2.05, 4.69) is 20.6 Å². The molecule has 4 N–H and O–H groups in total. The third kappa shape index (κ3) is 7.16. The van der Waals surface area contributed by atoms with E-state index in [1.165, 1.54) is 7.11 Å². The Morgan fingerprint density at radius 2 is 1.94 bits per heavy atom. The van der Waals surface area contributed by atoms with Crippen LogP contribution in [0.4, 0.5) is 9.18 Å². The van der Waals surface area contributed by atoms with E-state index in [1.54, 1.807) is 39.1 Å². The van der Waals surface area contributed by atoms with Gasteiger partial charge in [-0.2, -0.15) is 4.39 Å². The van der Waals surface area contributed by atoms with E-state index in [0.717, 1.165) is 31.9 Å². The molecule has 34 heavy (non-hydrogen) atoms. The number of hydrogen-bond donors (Lipinski definition) is 3. The highest BCUT2D eigenvalue weighted by molar-refractivity contribution is 5.98. The number of allylic oxidation sites excluding steroid dienone is 1. The van der Waals surface area contributed by atoms with E-state index in [9.17, 15) is 14.0 Å². The summed E-state index contributed by atoms with van der Waals surface area (Å²) >= 11 is 0. The molecule has 3 rings (SSSR count). The Morgan fingerprint density at radius 3 is 2.47 bits per heavy atom. The lowest BCUT2D eigenvalue weighted by molar-refractivity contribution is -0.124. The zero-order chi connectivity index (χ0) is 24.9. The molecule has 0 aliphatic heterocycles. The van der Waals surface area contributed by atoms with Gasteiger partial charge in [0.1, 0.15) is 17.3 Å². The van der Waals surface area contributed by atoms with Crippen LogP contribution in [0.3, 0.4) is 0 Å². The molecule has 0 saturated heterocycles. The molecule has 2 saturated carbocycles. The molecule has 1 aromatic rings. The van der Waals surface area contributed by atoms with Gasteiger partial charge in [-0.1, -0.05) is 6.07 Å². The smallest absolute Gasteiger partial charge is 0.408 e. The van der Waals surface area contributed by atoms with Crippen LogP contribution in [0.25, 0.3) is 0 Å². The summed E-state index contributed by atoms with van der Waals surface area (Å²) in [7, 11) is 1.46. The van der Waals surface area contributed by atoms with Crippen LogP contribution in [-0.4, -0.2) is 41.7 Å². The molecule has 9 nitrogen and oxygen atoms in total. The molecule has 1 aromatic heterocycles. The van der Waals surface area contributed by atoms with Crippen LogP contribution in [0.15, 0.2) is 35.2 Å². The monoisotopic (exact) mass is 475 g/mol. The number of ether oxygens (including phenoxy) is 2. The number of aliphatic imine (C=N–C) groups is 1. The van der Waals surface area contributed by atoms with Crippen molar-refractivity contribution in [3.8, 4) is 5.88 Å². The molecule has 0 bridgehead atoms. The fraction of sp³-hybridized carbons (Fsp3) is 0.583. The number of nitrogens with one attached hydrogen (secondary N) is 2. The molecule has 1 unspecified atom stereocenters. The molecule has 2 fully saturated rings. The Morgan fingerprint density at radius 1 is 1.29 bits per heavy atom. The summed E-state index contributed by atoms with van der Waals surface area (Å²) in [6, 6.07) is 2.54. The average molecular weight is 476 g/mol. The van der Waals surface area contributed by atoms with Gasteiger partial charge in [0.05, 0.1) is 13.7 Å². The molecular formula is C24H34FN5O4. The minimum atomic E-state index is -0.938. The zero-order valence-corrected chi connectivity index (χ0v) is 20.1. The maximum absolute atomic E-state index is 14.9. The number of carbonyl (C=O) groups is 2. The number of nitrogens with two attached hydrogens (primary N) is 1. The summed E-state index contributed by atoms with van der Waals surface area (Å²) in [5, 5.41) is 5.25. The maximum atomic E-state index is 14.9. The van der Waals surface area contributed by atoms with Crippen molar-refractivity contribution in [3.63, 3.8) is 0 Å². The number of rotatable bonds is 10. The Labute approximate surface area is 199 Å². The number of amides is 2. The van der Waals surface area contributed by atoms with Crippen LogP contribution in [-0.2, 0) is 16.1 Å². The number of pyridine rings is 1. The van der Waals surface area contributed by atoms with Gasteiger partial charge < -0.3 is 25.8 Å². The molecular weight excluding hydrogens is 441 g/mol. The number of methoxy groups -OCH3 is 1. The van der Waals surface area contributed by atoms with Gasteiger partial charge in [0, 0.05) is 18.0 Å². The van der Waals surface area contributed by atoms with E-state index in [-0.39, 0.29) is 18.2 Å². The van der Waals surface area contributed by atoms with Crippen molar-refractivity contribution in [2.75, 3.05) is 7.11 Å². The topological polar surface area (TPSA) is 128 Å². The predicted octanol–water partition coefficient (Wildman–Crippen LogP) is 3.20. The van der Waals surface area contributed by atoms with Crippen molar-refractivity contribution in [3.05, 3.63) is 35.8 Å². The van der Waals surface area contributed by atoms with Crippen molar-refractivity contribution < 1.29 is 23.5 Å². The molecule has 2 aliphatic carbocycles. The van der Waals surface area contributed by atoms with Gasteiger partial charge in [-0.05, 0) is 70.3 Å². The first-order valence-corrected chi connectivity index (χ1v) is 11.5. The first-order chi connectivity index (χ1) is 16.1. The summed E-state index contributed by atoms with van der Waals surface area (Å²) in [4.78, 5) is 33.7. The summed E-state index contributed by atoms with van der Waals surface area (Å²) in [6.07, 6.45) is 5.83. The second kappa shape index (κ2) is 10.8. The van der Waals surface area contributed by atoms with Crippen LogP contribution in [0.1, 0.15) is 52.0 Å². The Bertz CT molecular complexity index is 939. The fourth-order valence-corrected chi connectivity index (χ4v) is 4.00. The first kappa shape index (κ1) is 25.5. The van der Waals surface area contributed by atoms with Crippen LogP contribution in [0.5, 0.6) is 5.88 Å². The number of hydrogen-bond acceptors (Lipinski definition) is 7. The van der Waals surface area contributed by atoms with Gasteiger partial charge in [-0.3, -0.25) is 9.79 Å². The first-order valence-electron chi connectivity index (χ1n) is 11.5.